The molecule has 0 unspecified atom stereocenters. The van der Waals surface area contributed by atoms with Crippen LogP contribution in [0.2, 0.25) is 0 Å². The predicted octanol–water partition coefficient (Wildman–Crippen LogP) is 5.47. The van der Waals surface area contributed by atoms with Crippen LogP contribution < -0.4 is 10.7 Å². The Morgan fingerprint density at radius 2 is 1.59 bits per heavy atom. The van der Waals surface area contributed by atoms with Crippen LogP contribution in [0.15, 0.2) is 94.3 Å². The van der Waals surface area contributed by atoms with Gasteiger partial charge in [-0.25, -0.2) is 9.18 Å². The molecule has 4 rings (SSSR count). The molecule has 1 heterocycles. The molecule has 0 fully saturated rings. The minimum Gasteiger partial charge on any atom is -0.464 e. The van der Waals surface area contributed by atoms with E-state index < -0.39 is 0 Å². The highest BCUT2D eigenvalue weighted by Gasteiger charge is 2.23. The SMILES string of the molecule is CCCCN(CC(=O)N(Cc1ccc(F)cc1)Cc1coc2ccccc2c1=O)C(=O)NCc1ccccc1. The number of hydrogen-bond donors (Lipinski definition) is 1. The number of carbonyl (C=O) groups excluding carboxylic acids is 2. The third kappa shape index (κ3) is 7.54. The third-order valence-corrected chi connectivity index (χ3v) is 6.43. The van der Waals surface area contributed by atoms with E-state index in [-0.39, 0.29) is 42.8 Å². The van der Waals surface area contributed by atoms with Crippen molar-refractivity contribution in [3.05, 3.63) is 118 Å². The Balaban J connectivity index is 1.55. The minimum atomic E-state index is -0.382. The fourth-order valence-corrected chi connectivity index (χ4v) is 4.23. The summed E-state index contributed by atoms with van der Waals surface area (Å²) >= 11 is 0. The standard InChI is InChI=1S/C31H32FN3O4/c1-2-3-17-34(31(38)33-18-23-9-5-4-6-10-23)21-29(36)35(19-24-13-15-26(32)16-14-24)20-25-22-39-28-12-8-7-11-27(28)30(25)37/h4-16,22H,2-3,17-21H2,1H3,(H,33,38). The Morgan fingerprint density at radius 1 is 0.872 bits per heavy atom. The maximum Gasteiger partial charge on any atom is 0.318 e. The number of amides is 3. The van der Waals surface area contributed by atoms with Gasteiger partial charge in [0.2, 0.25) is 5.91 Å². The topological polar surface area (TPSA) is 82.9 Å². The van der Waals surface area contributed by atoms with Gasteiger partial charge in [-0.3, -0.25) is 9.59 Å². The molecule has 0 aliphatic rings. The second-order valence-electron chi connectivity index (χ2n) is 9.38. The highest BCUT2D eigenvalue weighted by Crippen LogP contribution is 2.15. The first kappa shape index (κ1) is 27.6. The maximum atomic E-state index is 13.6. The number of nitrogens with zero attached hydrogens (tertiary/aromatic N) is 2. The van der Waals surface area contributed by atoms with E-state index >= 15 is 0 Å². The fraction of sp³-hybridized carbons (Fsp3) is 0.258. The molecule has 3 aromatic carbocycles. The number of fused-ring (bicyclic) bond motifs is 1. The number of unbranched alkanes of at least 4 members (excludes halogenated alkanes) is 1. The van der Waals surface area contributed by atoms with Crippen LogP contribution in [0.1, 0.15) is 36.5 Å². The van der Waals surface area contributed by atoms with Gasteiger partial charge in [0.1, 0.15) is 17.9 Å². The van der Waals surface area contributed by atoms with Gasteiger partial charge < -0.3 is 19.5 Å². The lowest BCUT2D eigenvalue weighted by Gasteiger charge is -2.28. The van der Waals surface area contributed by atoms with Gasteiger partial charge in [0.25, 0.3) is 0 Å². The van der Waals surface area contributed by atoms with E-state index in [2.05, 4.69) is 5.32 Å². The molecule has 0 saturated carbocycles. The molecule has 0 aliphatic carbocycles. The number of nitrogens with one attached hydrogen (secondary N) is 1. The summed E-state index contributed by atoms with van der Waals surface area (Å²) in [7, 11) is 0. The van der Waals surface area contributed by atoms with Crippen molar-refractivity contribution >= 4 is 22.9 Å². The number of urea groups is 1. The predicted molar refractivity (Wildman–Crippen MR) is 148 cm³/mol. The van der Waals surface area contributed by atoms with E-state index in [0.29, 0.717) is 35.2 Å². The van der Waals surface area contributed by atoms with E-state index in [4.69, 9.17) is 4.42 Å². The summed E-state index contributed by atoms with van der Waals surface area (Å²) in [5.41, 5.74) is 2.20. The lowest BCUT2D eigenvalue weighted by molar-refractivity contribution is -0.133. The summed E-state index contributed by atoms with van der Waals surface area (Å²) in [4.78, 5) is 42.9. The number of hydrogen-bond acceptors (Lipinski definition) is 4. The zero-order valence-corrected chi connectivity index (χ0v) is 21.9. The molecule has 1 N–H and O–H groups in total. The summed E-state index contributed by atoms with van der Waals surface area (Å²) in [5.74, 6) is -0.717. The third-order valence-electron chi connectivity index (χ3n) is 6.43. The van der Waals surface area contributed by atoms with Gasteiger partial charge in [-0.05, 0) is 41.8 Å². The number of benzene rings is 3. The van der Waals surface area contributed by atoms with Crippen molar-refractivity contribution < 1.29 is 18.4 Å². The summed E-state index contributed by atoms with van der Waals surface area (Å²) in [6.07, 6.45) is 2.96. The van der Waals surface area contributed by atoms with E-state index in [1.54, 1.807) is 36.4 Å². The molecule has 8 heteroatoms. The number of rotatable bonds is 11. The van der Waals surface area contributed by atoms with Gasteiger partial charge in [-0.15, -0.1) is 0 Å². The Hall–Kier alpha value is -4.46. The highest BCUT2D eigenvalue weighted by molar-refractivity contribution is 5.84. The van der Waals surface area contributed by atoms with Crippen LogP contribution in [0.5, 0.6) is 0 Å². The van der Waals surface area contributed by atoms with Gasteiger partial charge in [0.15, 0.2) is 5.43 Å². The van der Waals surface area contributed by atoms with Gasteiger partial charge in [0, 0.05) is 19.6 Å². The smallest absolute Gasteiger partial charge is 0.318 e. The van der Waals surface area contributed by atoms with Crippen molar-refractivity contribution in [3.8, 4) is 0 Å². The summed E-state index contributed by atoms with van der Waals surface area (Å²) < 4.78 is 19.2. The quantitative estimate of drug-likeness (QED) is 0.279. The highest BCUT2D eigenvalue weighted by atomic mass is 19.1. The maximum absolute atomic E-state index is 13.6. The molecule has 0 spiro atoms. The first-order valence-electron chi connectivity index (χ1n) is 13.0. The second kappa shape index (κ2) is 13.4. The molecule has 3 amide bonds. The number of halogens is 1. The molecule has 1 aromatic heterocycles. The minimum absolute atomic E-state index is 0.0172. The molecule has 7 nitrogen and oxygen atoms in total. The number of para-hydroxylation sites is 1. The molecule has 0 bridgehead atoms. The average molecular weight is 530 g/mol. The first-order valence-corrected chi connectivity index (χ1v) is 13.0. The average Bonchev–Trinajstić information content (AvgIpc) is 2.96. The molecule has 39 heavy (non-hydrogen) atoms. The monoisotopic (exact) mass is 529 g/mol. The molecule has 0 atom stereocenters. The van der Waals surface area contributed by atoms with Gasteiger partial charge in [0.05, 0.1) is 23.8 Å². The lowest BCUT2D eigenvalue weighted by Crippen LogP contribution is -2.46. The lowest BCUT2D eigenvalue weighted by atomic mass is 10.1. The van der Waals surface area contributed by atoms with Crippen LogP contribution in [0.25, 0.3) is 11.0 Å². The Kier molecular flexibility index (Phi) is 9.45. The van der Waals surface area contributed by atoms with Crippen LogP contribution in [-0.4, -0.2) is 34.8 Å². The van der Waals surface area contributed by atoms with Crippen molar-refractivity contribution in [2.24, 2.45) is 0 Å². The van der Waals surface area contributed by atoms with Gasteiger partial charge >= 0.3 is 6.03 Å². The van der Waals surface area contributed by atoms with Crippen molar-refractivity contribution in [1.29, 1.82) is 0 Å². The second-order valence-corrected chi connectivity index (χ2v) is 9.38. The van der Waals surface area contributed by atoms with Crippen LogP contribution in [0, 0.1) is 5.82 Å². The van der Waals surface area contributed by atoms with E-state index in [1.807, 2.05) is 37.3 Å². The van der Waals surface area contributed by atoms with Crippen LogP contribution in [0.3, 0.4) is 0 Å². The van der Waals surface area contributed by atoms with Crippen LogP contribution in [0.4, 0.5) is 9.18 Å². The number of carbonyl (C=O) groups is 2. The molecule has 0 radical (unpaired) electrons. The van der Waals surface area contributed by atoms with E-state index in [1.165, 1.54) is 28.2 Å². The zero-order chi connectivity index (χ0) is 27.6. The molecular weight excluding hydrogens is 497 g/mol. The Morgan fingerprint density at radius 3 is 2.33 bits per heavy atom. The van der Waals surface area contributed by atoms with Crippen molar-refractivity contribution in [2.75, 3.05) is 13.1 Å². The van der Waals surface area contributed by atoms with Crippen molar-refractivity contribution in [3.63, 3.8) is 0 Å². The van der Waals surface area contributed by atoms with Gasteiger partial charge in [-0.2, -0.15) is 0 Å². The van der Waals surface area contributed by atoms with Gasteiger partial charge in [-0.1, -0.05) is 67.9 Å². The summed E-state index contributed by atoms with van der Waals surface area (Å²) in [6.45, 7) is 2.72. The largest absolute Gasteiger partial charge is 0.464 e. The zero-order valence-electron chi connectivity index (χ0n) is 21.9. The van der Waals surface area contributed by atoms with E-state index in [0.717, 1.165) is 18.4 Å². The van der Waals surface area contributed by atoms with Crippen molar-refractivity contribution in [1.82, 2.24) is 15.1 Å². The Bertz CT molecular complexity index is 1450. The normalized spacial score (nSPS) is 10.8. The van der Waals surface area contributed by atoms with Crippen LogP contribution >= 0.6 is 0 Å². The Labute approximate surface area is 226 Å². The molecule has 0 aliphatic heterocycles. The summed E-state index contributed by atoms with van der Waals surface area (Å²) in [6, 6.07) is 22.0. The summed E-state index contributed by atoms with van der Waals surface area (Å²) in [5, 5.41) is 3.32. The van der Waals surface area contributed by atoms with Crippen LogP contribution in [-0.2, 0) is 24.4 Å². The molecule has 202 valence electrons. The molecule has 0 saturated heterocycles. The molecular formula is C31H32FN3O4. The first-order chi connectivity index (χ1) is 18.9. The molecule has 4 aromatic rings. The van der Waals surface area contributed by atoms with E-state index in [9.17, 15) is 18.8 Å². The fourth-order valence-electron chi connectivity index (χ4n) is 4.23. The van der Waals surface area contributed by atoms with Crippen molar-refractivity contribution in [2.45, 2.75) is 39.4 Å².